The molecule has 0 aromatic heterocycles. The Hall–Kier alpha value is -1.59. The summed E-state index contributed by atoms with van der Waals surface area (Å²) in [7, 11) is 0. The lowest BCUT2D eigenvalue weighted by molar-refractivity contribution is -0.137. The number of aliphatic carboxylic acids is 1. The maximum Gasteiger partial charge on any atom is 0.303 e. The zero-order valence-electron chi connectivity index (χ0n) is 11.8. The number of benzene rings is 1. The van der Waals surface area contributed by atoms with Gasteiger partial charge in [-0.25, -0.2) is 0 Å². The van der Waals surface area contributed by atoms with Crippen molar-refractivity contribution in [1.29, 1.82) is 0 Å². The zero-order valence-corrected chi connectivity index (χ0v) is 12.6. The van der Waals surface area contributed by atoms with Crippen molar-refractivity contribution in [1.82, 2.24) is 9.80 Å². The molecule has 1 fully saturated rings. The lowest BCUT2D eigenvalue weighted by Crippen LogP contribution is -2.50. The van der Waals surface area contributed by atoms with E-state index >= 15 is 0 Å². The highest BCUT2D eigenvalue weighted by atomic mass is 35.5. The molecule has 1 amide bonds. The van der Waals surface area contributed by atoms with Crippen molar-refractivity contribution < 1.29 is 14.7 Å². The molecular weight excluding hydrogens is 292 g/mol. The predicted octanol–water partition coefficient (Wildman–Crippen LogP) is 1.85. The van der Waals surface area contributed by atoms with E-state index < -0.39 is 5.97 Å². The van der Waals surface area contributed by atoms with Gasteiger partial charge >= 0.3 is 5.97 Å². The number of hydrogen-bond acceptors (Lipinski definition) is 3. The first-order valence-electron chi connectivity index (χ1n) is 7.01. The SMILES string of the molecule is O=C(O)CCCN1CCN(Cc2ccc(Cl)cc2)C(=O)C1. The highest BCUT2D eigenvalue weighted by Crippen LogP contribution is 2.13. The minimum Gasteiger partial charge on any atom is -0.481 e. The van der Waals surface area contributed by atoms with E-state index in [1.165, 1.54) is 0 Å². The quantitative estimate of drug-likeness (QED) is 0.871. The Bertz CT molecular complexity index is 504. The number of carbonyl (C=O) groups is 2. The Morgan fingerprint density at radius 2 is 1.95 bits per heavy atom. The van der Waals surface area contributed by atoms with Gasteiger partial charge in [-0.3, -0.25) is 14.5 Å². The van der Waals surface area contributed by atoms with Crippen molar-refractivity contribution in [3.8, 4) is 0 Å². The normalized spacial score (nSPS) is 16.2. The second kappa shape index (κ2) is 7.43. The Morgan fingerprint density at radius 1 is 1.24 bits per heavy atom. The molecule has 0 atom stereocenters. The van der Waals surface area contributed by atoms with Gasteiger partial charge in [-0.05, 0) is 30.7 Å². The number of halogens is 1. The highest BCUT2D eigenvalue weighted by Gasteiger charge is 2.23. The Morgan fingerprint density at radius 3 is 2.57 bits per heavy atom. The lowest BCUT2D eigenvalue weighted by atomic mass is 10.2. The molecule has 0 unspecified atom stereocenters. The summed E-state index contributed by atoms with van der Waals surface area (Å²) in [6.07, 6.45) is 0.735. The smallest absolute Gasteiger partial charge is 0.303 e. The maximum atomic E-state index is 12.1. The number of rotatable bonds is 6. The number of hydrogen-bond donors (Lipinski definition) is 1. The number of nitrogens with zero attached hydrogens (tertiary/aromatic N) is 2. The summed E-state index contributed by atoms with van der Waals surface area (Å²) >= 11 is 5.84. The van der Waals surface area contributed by atoms with E-state index in [0.29, 0.717) is 37.6 Å². The summed E-state index contributed by atoms with van der Waals surface area (Å²) in [4.78, 5) is 26.4. The first-order chi connectivity index (χ1) is 10.0. The maximum absolute atomic E-state index is 12.1. The minimum absolute atomic E-state index is 0.0894. The Kier molecular flexibility index (Phi) is 5.59. The topological polar surface area (TPSA) is 60.9 Å². The van der Waals surface area contributed by atoms with Gasteiger partial charge in [-0.15, -0.1) is 0 Å². The van der Waals surface area contributed by atoms with Crippen molar-refractivity contribution in [2.45, 2.75) is 19.4 Å². The van der Waals surface area contributed by atoms with Crippen LogP contribution in [0.4, 0.5) is 0 Å². The van der Waals surface area contributed by atoms with Crippen LogP contribution in [0.3, 0.4) is 0 Å². The number of amides is 1. The molecule has 1 saturated heterocycles. The zero-order chi connectivity index (χ0) is 15.2. The van der Waals surface area contributed by atoms with Crippen LogP contribution in [0.1, 0.15) is 18.4 Å². The van der Waals surface area contributed by atoms with Crippen molar-refractivity contribution in [2.75, 3.05) is 26.2 Å². The lowest BCUT2D eigenvalue weighted by Gasteiger charge is -2.34. The number of carboxylic acid groups (broad SMARTS) is 1. The van der Waals surface area contributed by atoms with Gasteiger partial charge in [-0.2, -0.15) is 0 Å². The fraction of sp³-hybridized carbons (Fsp3) is 0.467. The fourth-order valence-corrected chi connectivity index (χ4v) is 2.51. The van der Waals surface area contributed by atoms with Crippen LogP contribution >= 0.6 is 11.6 Å². The number of piperazine rings is 1. The van der Waals surface area contributed by atoms with Gasteiger partial charge in [0.25, 0.3) is 0 Å². The summed E-state index contributed by atoms with van der Waals surface area (Å²) in [5, 5.41) is 9.31. The Balaban J connectivity index is 1.79. The molecule has 21 heavy (non-hydrogen) atoms. The Labute approximate surface area is 129 Å². The molecule has 1 aromatic carbocycles. The largest absolute Gasteiger partial charge is 0.481 e. The molecule has 2 rings (SSSR count). The third kappa shape index (κ3) is 5.02. The van der Waals surface area contributed by atoms with E-state index in [1.54, 1.807) is 0 Å². The minimum atomic E-state index is -0.789. The van der Waals surface area contributed by atoms with E-state index in [2.05, 4.69) is 0 Å². The van der Waals surface area contributed by atoms with Crippen LogP contribution in [0.5, 0.6) is 0 Å². The van der Waals surface area contributed by atoms with Gasteiger partial charge in [0.2, 0.25) is 5.91 Å². The molecule has 0 bridgehead atoms. The van der Waals surface area contributed by atoms with Gasteiger partial charge in [0.05, 0.1) is 6.54 Å². The molecule has 0 spiro atoms. The average molecular weight is 311 g/mol. The molecule has 114 valence electrons. The van der Waals surface area contributed by atoms with Crippen LogP contribution in [0, 0.1) is 0 Å². The standard InChI is InChI=1S/C15H19ClN2O3/c16-13-5-3-12(4-6-13)10-18-9-8-17(11-14(18)19)7-1-2-15(20)21/h3-6H,1-2,7-11H2,(H,20,21). The van der Waals surface area contributed by atoms with Crippen LogP contribution in [-0.2, 0) is 16.1 Å². The molecular formula is C15H19ClN2O3. The molecule has 0 saturated carbocycles. The first kappa shape index (κ1) is 15.8. The van der Waals surface area contributed by atoms with Crippen molar-refractivity contribution in [3.05, 3.63) is 34.9 Å². The van der Waals surface area contributed by atoms with Gasteiger partial charge in [0.1, 0.15) is 0 Å². The molecule has 1 N–H and O–H groups in total. The van der Waals surface area contributed by atoms with Crippen LogP contribution in [0.2, 0.25) is 5.02 Å². The van der Waals surface area contributed by atoms with Crippen molar-refractivity contribution in [3.63, 3.8) is 0 Å². The van der Waals surface area contributed by atoms with Crippen LogP contribution < -0.4 is 0 Å². The van der Waals surface area contributed by atoms with Crippen molar-refractivity contribution in [2.24, 2.45) is 0 Å². The average Bonchev–Trinajstić information content (AvgIpc) is 2.44. The number of carbonyl (C=O) groups excluding carboxylic acids is 1. The third-order valence-corrected chi connectivity index (χ3v) is 3.80. The summed E-state index contributed by atoms with van der Waals surface area (Å²) < 4.78 is 0. The van der Waals surface area contributed by atoms with E-state index in [4.69, 9.17) is 16.7 Å². The van der Waals surface area contributed by atoms with Gasteiger partial charge < -0.3 is 10.0 Å². The second-order valence-electron chi connectivity index (χ2n) is 5.22. The van der Waals surface area contributed by atoms with Gasteiger partial charge in [0, 0.05) is 31.1 Å². The van der Waals surface area contributed by atoms with Gasteiger partial charge in [0.15, 0.2) is 0 Å². The molecule has 5 nitrogen and oxygen atoms in total. The van der Waals surface area contributed by atoms with E-state index in [9.17, 15) is 9.59 Å². The monoisotopic (exact) mass is 310 g/mol. The van der Waals surface area contributed by atoms with Crippen molar-refractivity contribution >= 4 is 23.5 Å². The summed E-state index contributed by atoms with van der Waals surface area (Å²) in [5.41, 5.74) is 1.06. The summed E-state index contributed by atoms with van der Waals surface area (Å²) in [6.45, 7) is 3.09. The molecule has 1 aromatic rings. The van der Waals surface area contributed by atoms with Crippen LogP contribution in [0.15, 0.2) is 24.3 Å². The molecule has 0 aliphatic carbocycles. The van der Waals surface area contributed by atoms with E-state index in [-0.39, 0.29) is 12.3 Å². The molecule has 6 heteroatoms. The second-order valence-corrected chi connectivity index (χ2v) is 5.65. The summed E-state index contributed by atoms with van der Waals surface area (Å²) in [5.74, 6) is -0.700. The highest BCUT2D eigenvalue weighted by molar-refractivity contribution is 6.30. The van der Waals surface area contributed by atoms with Crippen LogP contribution in [-0.4, -0.2) is 53.0 Å². The molecule has 0 radical (unpaired) electrons. The predicted molar refractivity (Wildman–Crippen MR) is 80.2 cm³/mol. The van der Waals surface area contributed by atoms with Gasteiger partial charge in [-0.1, -0.05) is 23.7 Å². The third-order valence-electron chi connectivity index (χ3n) is 3.55. The first-order valence-corrected chi connectivity index (χ1v) is 7.39. The number of carboxylic acids is 1. The van der Waals surface area contributed by atoms with E-state index in [0.717, 1.165) is 12.1 Å². The molecule has 1 aliphatic heterocycles. The fourth-order valence-electron chi connectivity index (χ4n) is 2.38. The summed E-state index contributed by atoms with van der Waals surface area (Å²) in [6, 6.07) is 7.50. The molecule has 1 aliphatic rings. The molecule has 1 heterocycles. The van der Waals surface area contributed by atoms with E-state index in [1.807, 2.05) is 34.1 Å². The van der Waals surface area contributed by atoms with Crippen LogP contribution in [0.25, 0.3) is 0 Å².